The van der Waals surface area contributed by atoms with Crippen molar-refractivity contribution >= 4 is 5.91 Å². The molecular formula is C14H30N2O3. The first-order valence-corrected chi connectivity index (χ1v) is 7.48. The Kier molecular flexibility index (Phi) is 13.3. The highest BCUT2D eigenvalue weighted by Crippen LogP contribution is 2.10. The summed E-state index contributed by atoms with van der Waals surface area (Å²) in [6.45, 7) is 0.364. The molecule has 0 aliphatic heterocycles. The summed E-state index contributed by atoms with van der Waals surface area (Å²) in [6.07, 6.45) is 9.57. The quantitative estimate of drug-likeness (QED) is 0.300. The second-order valence-electron chi connectivity index (χ2n) is 5.01. The Labute approximate surface area is 116 Å². The first kappa shape index (κ1) is 18.4. The summed E-state index contributed by atoms with van der Waals surface area (Å²) < 4.78 is 0. The van der Waals surface area contributed by atoms with E-state index in [1.165, 1.54) is 25.7 Å². The standard InChI is InChI=1S/C14H30N2O3/c15-13(18)9-7-5-3-1-2-4-6-8-10-14(19)16-11-12-17/h13,17-18H,1-12,15H2,(H,16,19). The van der Waals surface area contributed by atoms with Gasteiger partial charge in [-0.05, 0) is 19.3 Å². The molecule has 0 aromatic rings. The van der Waals surface area contributed by atoms with Crippen molar-refractivity contribution in [2.45, 2.75) is 70.4 Å². The minimum absolute atomic E-state index is 0.00687. The largest absolute Gasteiger partial charge is 0.395 e. The fraction of sp³-hybridized carbons (Fsp3) is 0.929. The van der Waals surface area contributed by atoms with Crippen LogP contribution in [0.3, 0.4) is 0 Å². The number of hydrogen-bond acceptors (Lipinski definition) is 4. The highest BCUT2D eigenvalue weighted by atomic mass is 16.3. The zero-order chi connectivity index (χ0) is 14.3. The summed E-state index contributed by atoms with van der Waals surface area (Å²) in [7, 11) is 0. The number of hydrogen-bond donors (Lipinski definition) is 4. The topological polar surface area (TPSA) is 95.6 Å². The fourth-order valence-electron chi connectivity index (χ4n) is 1.98. The molecule has 0 saturated carbocycles. The number of carbonyl (C=O) groups is 1. The van der Waals surface area contributed by atoms with Gasteiger partial charge in [0.2, 0.25) is 5.91 Å². The van der Waals surface area contributed by atoms with Crippen molar-refractivity contribution in [3.8, 4) is 0 Å². The van der Waals surface area contributed by atoms with Crippen molar-refractivity contribution < 1.29 is 15.0 Å². The third-order valence-corrected chi connectivity index (χ3v) is 3.09. The van der Waals surface area contributed by atoms with Crippen LogP contribution in [-0.2, 0) is 4.79 Å². The predicted octanol–water partition coefficient (Wildman–Crippen LogP) is 1.27. The average Bonchev–Trinajstić information content (AvgIpc) is 2.38. The average molecular weight is 274 g/mol. The van der Waals surface area contributed by atoms with Gasteiger partial charge in [-0.15, -0.1) is 0 Å². The Morgan fingerprint density at radius 1 is 1.00 bits per heavy atom. The minimum atomic E-state index is -0.656. The van der Waals surface area contributed by atoms with Crippen molar-refractivity contribution in [1.29, 1.82) is 0 Å². The summed E-state index contributed by atoms with van der Waals surface area (Å²) in [5.74, 6) is 0.0365. The Bertz CT molecular complexity index is 211. The van der Waals surface area contributed by atoms with Crippen molar-refractivity contribution in [2.24, 2.45) is 5.73 Å². The number of unbranched alkanes of at least 4 members (excludes halogenated alkanes) is 7. The first-order valence-electron chi connectivity index (χ1n) is 7.48. The van der Waals surface area contributed by atoms with Gasteiger partial charge < -0.3 is 21.3 Å². The van der Waals surface area contributed by atoms with Gasteiger partial charge in [0.15, 0.2) is 0 Å². The summed E-state index contributed by atoms with van der Waals surface area (Å²) >= 11 is 0. The molecule has 0 fully saturated rings. The van der Waals surface area contributed by atoms with Crippen LogP contribution in [0.4, 0.5) is 0 Å². The molecular weight excluding hydrogens is 244 g/mol. The van der Waals surface area contributed by atoms with Gasteiger partial charge in [0.25, 0.3) is 0 Å². The highest BCUT2D eigenvalue weighted by Gasteiger charge is 2.00. The molecule has 0 spiro atoms. The predicted molar refractivity (Wildman–Crippen MR) is 76.5 cm³/mol. The summed E-state index contributed by atoms with van der Waals surface area (Å²) in [6, 6.07) is 0. The molecule has 1 atom stereocenters. The lowest BCUT2D eigenvalue weighted by molar-refractivity contribution is -0.121. The maximum absolute atomic E-state index is 11.2. The third kappa shape index (κ3) is 15.3. The van der Waals surface area contributed by atoms with Crippen LogP contribution in [-0.4, -0.2) is 35.5 Å². The molecule has 1 amide bonds. The smallest absolute Gasteiger partial charge is 0.220 e. The highest BCUT2D eigenvalue weighted by molar-refractivity contribution is 5.75. The SMILES string of the molecule is NC(O)CCCCCCCCCCC(=O)NCCO. The Morgan fingerprint density at radius 3 is 2.05 bits per heavy atom. The zero-order valence-electron chi connectivity index (χ0n) is 11.9. The lowest BCUT2D eigenvalue weighted by atomic mass is 10.1. The summed E-state index contributed by atoms with van der Waals surface area (Å²) in [5, 5.41) is 20.1. The van der Waals surface area contributed by atoms with Crippen LogP contribution in [0.5, 0.6) is 0 Å². The maximum atomic E-state index is 11.2. The van der Waals surface area contributed by atoms with Gasteiger partial charge in [-0.25, -0.2) is 0 Å². The number of nitrogens with one attached hydrogen (secondary N) is 1. The number of amides is 1. The number of rotatable bonds is 13. The van der Waals surface area contributed by atoms with Crippen LogP contribution in [0.2, 0.25) is 0 Å². The molecule has 0 aromatic heterocycles. The van der Waals surface area contributed by atoms with Crippen LogP contribution < -0.4 is 11.1 Å². The summed E-state index contributed by atoms with van der Waals surface area (Å²) in [4.78, 5) is 11.2. The molecule has 0 radical (unpaired) electrons. The first-order chi connectivity index (χ1) is 9.16. The number of aliphatic hydroxyl groups excluding tert-OH is 2. The molecule has 0 rings (SSSR count). The normalized spacial score (nSPS) is 12.4. The van der Waals surface area contributed by atoms with Crippen LogP contribution in [0, 0.1) is 0 Å². The van der Waals surface area contributed by atoms with E-state index in [9.17, 15) is 4.79 Å². The van der Waals surface area contributed by atoms with Crippen LogP contribution in [0.25, 0.3) is 0 Å². The molecule has 0 saturated heterocycles. The van der Waals surface area contributed by atoms with Crippen LogP contribution in [0.1, 0.15) is 64.2 Å². The van der Waals surface area contributed by atoms with E-state index >= 15 is 0 Å². The second-order valence-corrected chi connectivity index (χ2v) is 5.01. The van der Waals surface area contributed by atoms with Gasteiger partial charge in [0.1, 0.15) is 6.23 Å². The molecule has 0 bridgehead atoms. The minimum Gasteiger partial charge on any atom is -0.395 e. The molecule has 0 aliphatic rings. The molecule has 114 valence electrons. The van der Waals surface area contributed by atoms with E-state index in [4.69, 9.17) is 15.9 Å². The van der Waals surface area contributed by atoms with E-state index in [1.54, 1.807) is 0 Å². The number of carbonyl (C=O) groups excluding carboxylic acids is 1. The molecule has 1 unspecified atom stereocenters. The van der Waals surface area contributed by atoms with Crippen LogP contribution in [0.15, 0.2) is 0 Å². The lowest BCUT2D eigenvalue weighted by Gasteiger charge is -2.05. The van der Waals surface area contributed by atoms with Crippen molar-refractivity contribution in [3.63, 3.8) is 0 Å². The Hall–Kier alpha value is -0.650. The zero-order valence-corrected chi connectivity index (χ0v) is 11.9. The van der Waals surface area contributed by atoms with Crippen molar-refractivity contribution in [3.05, 3.63) is 0 Å². The molecule has 0 aliphatic carbocycles. The van der Waals surface area contributed by atoms with E-state index in [-0.39, 0.29) is 12.5 Å². The second kappa shape index (κ2) is 13.8. The maximum Gasteiger partial charge on any atom is 0.220 e. The third-order valence-electron chi connectivity index (χ3n) is 3.09. The van der Waals surface area contributed by atoms with E-state index in [0.717, 1.165) is 25.7 Å². The number of aliphatic hydroxyl groups is 2. The lowest BCUT2D eigenvalue weighted by Crippen LogP contribution is -2.25. The summed E-state index contributed by atoms with van der Waals surface area (Å²) in [5.41, 5.74) is 5.25. The van der Waals surface area contributed by atoms with Crippen LogP contribution >= 0.6 is 0 Å². The monoisotopic (exact) mass is 274 g/mol. The van der Waals surface area contributed by atoms with E-state index in [1.807, 2.05) is 0 Å². The number of nitrogens with two attached hydrogens (primary N) is 1. The fourth-order valence-corrected chi connectivity index (χ4v) is 1.98. The van der Waals surface area contributed by atoms with E-state index < -0.39 is 6.23 Å². The van der Waals surface area contributed by atoms with Gasteiger partial charge in [0, 0.05) is 13.0 Å². The molecule has 19 heavy (non-hydrogen) atoms. The van der Waals surface area contributed by atoms with E-state index in [0.29, 0.717) is 19.4 Å². The Balaban J connectivity index is 3.08. The van der Waals surface area contributed by atoms with Gasteiger partial charge >= 0.3 is 0 Å². The van der Waals surface area contributed by atoms with Gasteiger partial charge in [-0.2, -0.15) is 0 Å². The van der Waals surface area contributed by atoms with Crippen molar-refractivity contribution in [1.82, 2.24) is 5.32 Å². The van der Waals surface area contributed by atoms with Gasteiger partial charge in [-0.3, -0.25) is 4.79 Å². The molecule has 5 N–H and O–H groups in total. The molecule has 5 nitrogen and oxygen atoms in total. The molecule has 0 heterocycles. The molecule has 5 heteroatoms. The molecule has 0 aromatic carbocycles. The van der Waals surface area contributed by atoms with Gasteiger partial charge in [-0.1, -0.05) is 38.5 Å². The van der Waals surface area contributed by atoms with E-state index in [2.05, 4.69) is 5.32 Å². The Morgan fingerprint density at radius 2 is 1.53 bits per heavy atom. The van der Waals surface area contributed by atoms with Crippen molar-refractivity contribution in [2.75, 3.05) is 13.2 Å². The van der Waals surface area contributed by atoms with Gasteiger partial charge in [0.05, 0.1) is 6.61 Å².